The molecule has 4 rings (SSSR count). The van der Waals surface area contributed by atoms with Gasteiger partial charge in [0.1, 0.15) is 12.4 Å². The molecule has 1 saturated heterocycles. The van der Waals surface area contributed by atoms with Crippen LogP contribution in [-0.4, -0.2) is 31.1 Å². The minimum absolute atomic E-state index is 0.778. The normalized spacial score (nSPS) is 15.2. The van der Waals surface area contributed by atoms with E-state index in [1.807, 2.05) is 11.3 Å². The van der Waals surface area contributed by atoms with E-state index in [1.54, 1.807) is 0 Å². The van der Waals surface area contributed by atoms with Gasteiger partial charge in [-0.05, 0) is 56.6 Å². The van der Waals surface area contributed by atoms with E-state index in [0.29, 0.717) is 0 Å². The maximum Gasteiger partial charge on any atom is 0.119 e. The van der Waals surface area contributed by atoms with Gasteiger partial charge in [0.15, 0.2) is 0 Å². The molecule has 0 atom stereocenters. The summed E-state index contributed by atoms with van der Waals surface area (Å²) in [5.74, 6) is 0.968. The van der Waals surface area contributed by atoms with E-state index in [2.05, 4.69) is 60.4 Å². The number of likely N-dealkylation sites (tertiary alicyclic amines) is 1. The van der Waals surface area contributed by atoms with Crippen molar-refractivity contribution in [1.29, 1.82) is 0 Å². The molecule has 1 fully saturated rings. The van der Waals surface area contributed by atoms with E-state index in [4.69, 9.17) is 4.74 Å². The van der Waals surface area contributed by atoms with Crippen molar-refractivity contribution in [3.63, 3.8) is 0 Å². The summed E-state index contributed by atoms with van der Waals surface area (Å²) in [4.78, 5) is 3.86. The number of rotatable bonds is 5. The standard InChI is InChI=1S/C21H23NOS/c1-16-21(19-6-2-3-7-20(19)24-16)17-8-10-18(11-9-17)23-15-14-22-12-4-5-13-22/h2-3,6-11H,4-5,12-15H2,1H3. The molecule has 1 aliphatic rings. The highest BCUT2D eigenvalue weighted by atomic mass is 32.1. The van der Waals surface area contributed by atoms with Crippen molar-refractivity contribution >= 4 is 21.4 Å². The Morgan fingerprint density at radius 2 is 1.75 bits per heavy atom. The Labute approximate surface area is 147 Å². The molecule has 0 saturated carbocycles. The zero-order valence-electron chi connectivity index (χ0n) is 14.1. The predicted octanol–water partition coefficient (Wildman–Crippen LogP) is 5.35. The number of aryl methyl sites for hydroxylation is 1. The Morgan fingerprint density at radius 3 is 2.54 bits per heavy atom. The Kier molecular flexibility index (Phi) is 4.54. The third kappa shape index (κ3) is 3.19. The van der Waals surface area contributed by atoms with Gasteiger partial charge in [0.25, 0.3) is 0 Å². The third-order valence-corrected chi connectivity index (χ3v) is 5.88. The summed E-state index contributed by atoms with van der Waals surface area (Å²) in [6.07, 6.45) is 2.67. The second-order valence-corrected chi connectivity index (χ2v) is 7.71. The molecule has 1 aromatic heterocycles. The zero-order chi connectivity index (χ0) is 16.4. The largest absolute Gasteiger partial charge is 0.492 e. The molecule has 0 bridgehead atoms. The fourth-order valence-electron chi connectivity index (χ4n) is 3.54. The number of hydrogen-bond acceptors (Lipinski definition) is 3. The number of thiophene rings is 1. The molecule has 0 aliphatic carbocycles. The topological polar surface area (TPSA) is 12.5 Å². The molecule has 0 amide bonds. The van der Waals surface area contributed by atoms with Gasteiger partial charge in [-0.3, -0.25) is 4.90 Å². The van der Waals surface area contributed by atoms with Crippen LogP contribution in [-0.2, 0) is 0 Å². The number of hydrogen-bond donors (Lipinski definition) is 0. The number of nitrogens with zero attached hydrogens (tertiary/aromatic N) is 1. The summed E-state index contributed by atoms with van der Waals surface area (Å²) in [5, 5.41) is 1.35. The second kappa shape index (κ2) is 6.96. The fourth-order valence-corrected chi connectivity index (χ4v) is 4.63. The molecule has 0 unspecified atom stereocenters. The minimum Gasteiger partial charge on any atom is -0.492 e. The Balaban J connectivity index is 1.47. The van der Waals surface area contributed by atoms with Gasteiger partial charge in [-0.15, -0.1) is 11.3 Å². The molecule has 2 aromatic carbocycles. The van der Waals surface area contributed by atoms with Gasteiger partial charge in [-0.25, -0.2) is 0 Å². The van der Waals surface area contributed by atoms with Crippen LogP contribution >= 0.6 is 11.3 Å². The smallest absolute Gasteiger partial charge is 0.119 e. The maximum absolute atomic E-state index is 5.92. The average Bonchev–Trinajstić information content (AvgIpc) is 3.22. The molecule has 3 aromatic rings. The lowest BCUT2D eigenvalue weighted by molar-refractivity contribution is 0.238. The Hall–Kier alpha value is -1.84. The molecule has 0 radical (unpaired) electrons. The van der Waals surface area contributed by atoms with Crippen LogP contribution < -0.4 is 4.74 Å². The molecule has 3 heteroatoms. The summed E-state index contributed by atoms with van der Waals surface area (Å²) < 4.78 is 7.28. The van der Waals surface area contributed by atoms with E-state index in [0.717, 1.165) is 18.9 Å². The number of fused-ring (bicyclic) bond motifs is 1. The van der Waals surface area contributed by atoms with E-state index in [1.165, 1.54) is 52.0 Å². The van der Waals surface area contributed by atoms with E-state index >= 15 is 0 Å². The first kappa shape index (κ1) is 15.7. The lowest BCUT2D eigenvalue weighted by Crippen LogP contribution is -2.25. The maximum atomic E-state index is 5.92. The molecule has 1 aliphatic heterocycles. The zero-order valence-corrected chi connectivity index (χ0v) is 14.9. The lowest BCUT2D eigenvalue weighted by atomic mass is 10.0. The van der Waals surface area contributed by atoms with Gasteiger partial charge in [-0.1, -0.05) is 30.3 Å². The van der Waals surface area contributed by atoms with Crippen LogP contribution in [0.2, 0.25) is 0 Å². The molecule has 24 heavy (non-hydrogen) atoms. The van der Waals surface area contributed by atoms with Gasteiger partial charge in [0, 0.05) is 27.1 Å². The first-order chi connectivity index (χ1) is 11.8. The van der Waals surface area contributed by atoms with Crippen molar-refractivity contribution in [2.24, 2.45) is 0 Å². The van der Waals surface area contributed by atoms with Gasteiger partial charge in [0.05, 0.1) is 0 Å². The minimum atomic E-state index is 0.778. The highest BCUT2D eigenvalue weighted by Crippen LogP contribution is 2.38. The SMILES string of the molecule is Cc1sc2ccccc2c1-c1ccc(OCCN2CCCC2)cc1. The molecule has 124 valence electrons. The van der Waals surface area contributed by atoms with Crippen molar-refractivity contribution in [2.45, 2.75) is 19.8 Å². The van der Waals surface area contributed by atoms with Crippen LogP contribution in [0.15, 0.2) is 48.5 Å². The highest BCUT2D eigenvalue weighted by Gasteiger charge is 2.12. The Morgan fingerprint density at radius 1 is 1.00 bits per heavy atom. The summed E-state index contributed by atoms with van der Waals surface area (Å²) in [7, 11) is 0. The number of benzene rings is 2. The highest BCUT2D eigenvalue weighted by molar-refractivity contribution is 7.19. The second-order valence-electron chi connectivity index (χ2n) is 6.45. The van der Waals surface area contributed by atoms with Crippen molar-refractivity contribution < 1.29 is 4.74 Å². The molecule has 2 nitrogen and oxygen atoms in total. The number of ether oxygens (including phenoxy) is 1. The van der Waals surface area contributed by atoms with Crippen LogP contribution in [0, 0.1) is 6.92 Å². The monoisotopic (exact) mass is 337 g/mol. The van der Waals surface area contributed by atoms with Gasteiger partial charge < -0.3 is 4.74 Å². The van der Waals surface area contributed by atoms with Crippen LogP contribution in [0.1, 0.15) is 17.7 Å². The first-order valence-corrected chi connectivity index (χ1v) is 9.56. The lowest BCUT2D eigenvalue weighted by Gasteiger charge is -2.15. The van der Waals surface area contributed by atoms with Crippen molar-refractivity contribution in [3.8, 4) is 16.9 Å². The quantitative estimate of drug-likeness (QED) is 0.622. The van der Waals surface area contributed by atoms with Crippen LogP contribution in [0.25, 0.3) is 21.2 Å². The predicted molar refractivity (Wildman–Crippen MR) is 103 cm³/mol. The van der Waals surface area contributed by atoms with Gasteiger partial charge in [0.2, 0.25) is 0 Å². The van der Waals surface area contributed by atoms with Gasteiger partial charge >= 0.3 is 0 Å². The first-order valence-electron chi connectivity index (χ1n) is 8.75. The van der Waals surface area contributed by atoms with E-state index in [-0.39, 0.29) is 0 Å². The van der Waals surface area contributed by atoms with Crippen LogP contribution in [0.5, 0.6) is 5.75 Å². The average molecular weight is 337 g/mol. The summed E-state index contributed by atoms with van der Waals surface area (Å²) in [6, 6.07) is 17.2. The van der Waals surface area contributed by atoms with Crippen LogP contribution in [0.4, 0.5) is 0 Å². The molecule has 0 N–H and O–H groups in total. The van der Waals surface area contributed by atoms with Crippen molar-refractivity contribution in [2.75, 3.05) is 26.2 Å². The summed E-state index contributed by atoms with van der Waals surface area (Å²) in [6.45, 7) is 6.48. The van der Waals surface area contributed by atoms with E-state index < -0.39 is 0 Å². The van der Waals surface area contributed by atoms with Crippen molar-refractivity contribution in [1.82, 2.24) is 4.90 Å². The third-order valence-electron chi connectivity index (χ3n) is 4.79. The van der Waals surface area contributed by atoms with Crippen molar-refractivity contribution in [3.05, 3.63) is 53.4 Å². The summed E-state index contributed by atoms with van der Waals surface area (Å²) >= 11 is 1.87. The summed E-state index contributed by atoms with van der Waals surface area (Å²) in [5.41, 5.74) is 2.64. The molecular formula is C21H23NOS. The molecule has 0 spiro atoms. The van der Waals surface area contributed by atoms with Gasteiger partial charge in [-0.2, -0.15) is 0 Å². The molecule has 2 heterocycles. The Bertz CT molecular complexity index is 815. The fraction of sp³-hybridized carbons (Fsp3) is 0.333. The van der Waals surface area contributed by atoms with E-state index in [9.17, 15) is 0 Å². The molecular weight excluding hydrogens is 314 g/mol. The van der Waals surface area contributed by atoms with Crippen LogP contribution in [0.3, 0.4) is 0 Å².